The Labute approximate surface area is 271 Å². The highest BCUT2D eigenvalue weighted by Gasteiger charge is 2.65. The van der Waals surface area contributed by atoms with Gasteiger partial charge in [-0.05, 0) is 48.9 Å². The summed E-state index contributed by atoms with van der Waals surface area (Å²) in [7, 11) is 1.65. The number of fused-ring (bicyclic) bond motifs is 1. The molecular formula is C35H37ClN4O6. The Morgan fingerprint density at radius 1 is 1.02 bits per heavy atom. The number of aliphatic hydroxyl groups is 1. The summed E-state index contributed by atoms with van der Waals surface area (Å²) in [6.07, 6.45) is 2.36. The quantitative estimate of drug-likeness (QED) is 0.322. The minimum Gasteiger partial charge on any atom is -0.391 e. The van der Waals surface area contributed by atoms with Crippen molar-refractivity contribution in [2.24, 2.45) is 23.2 Å². The van der Waals surface area contributed by atoms with Gasteiger partial charge in [0.1, 0.15) is 23.3 Å². The van der Waals surface area contributed by atoms with Gasteiger partial charge < -0.3 is 25.2 Å². The fourth-order valence-electron chi connectivity index (χ4n) is 8.50. The fourth-order valence-corrected chi connectivity index (χ4v) is 8.70. The number of nitrogens with zero attached hydrogens (tertiary/aromatic N) is 2. The molecule has 5 aliphatic rings. The molecule has 240 valence electrons. The summed E-state index contributed by atoms with van der Waals surface area (Å²) in [5.41, 5.74) is 1.16. The summed E-state index contributed by atoms with van der Waals surface area (Å²) in [5, 5.41) is 15.1. The van der Waals surface area contributed by atoms with E-state index in [2.05, 4.69) is 10.3 Å². The van der Waals surface area contributed by atoms with E-state index in [1.807, 2.05) is 48.7 Å². The molecule has 4 aliphatic carbocycles. The Morgan fingerprint density at radius 3 is 2.46 bits per heavy atom. The lowest BCUT2D eigenvalue weighted by molar-refractivity contribution is -0.173. The molecule has 3 aromatic rings. The van der Waals surface area contributed by atoms with E-state index in [1.165, 1.54) is 9.80 Å². The molecule has 0 radical (unpaired) electrons. The fraction of sp³-hybridized carbons (Fsp3) is 0.457. The highest BCUT2D eigenvalue weighted by atomic mass is 35.5. The Bertz CT molecular complexity index is 1740. The summed E-state index contributed by atoms with van der Waals surface area (Å²) < 4.78 is 0. The van der Waals surface area contributed by atoms with Crippen LogP contribution in [0.3, 0.4) is 0 Å². The van der Waals surface area contributed by atoms with Crippen LogP contribution in [0.25, 0.3) is 10.9 Å². The maximum atomic E-state index is 14.3. The van der Waals surface area contributed by atoms with Crippen LogP contribution >= 0.6 is 11.6 Å². The summed E-state index contributed by atoms with van der Waals surface area (Å²) in [6, 6.07) is 12.9. The molecule has 8 rings (SSSR count). The standard InChI is InChI=1S/C35H37ClN4O6/c1-39(17-19-6-2-4-8-26(19)36)33(45)28(12-23-16-37-27-9-5-3-7-25(23)27)38-32(44)29-13-24(41)18-40(29)34(46)35-14-21-10-20(31(35)43)11-22(15-35)30(21)42/h2-9,16,20-22,24,28-29,37,41H,10-15,17-18H2,1H3,(H,38,44)/t20?,21?,22?,24-,28?,29?,35?/m1/s1. The minimum absolute atomic E-state index is 0.0134. The first-order valence-electron chi connectivity index (χ1n) is 16.0. The van der Waals surface area contributed by atoms with Gasteiger partial charge in [0.25, 0.3) is 0 Å². The third-order valence-electron chi connectivity index (χ3n) is 10.7. The van der Waals surface area contributed by atoms with Crippen molar-refractivity contribution < 1.29 is 29.1 Å². The number of para-hydroxylation sites is 1. The number of halogens is 1. The molecule has 5 fully saturated rings. The molecule has 46 heavy (non-hydrogen) atoms. The molecule has 1 saturated heterocycles. The second-order valence-corrected chi connectivity index (χ2v) is 14.0. The van der Waals surface area contributed by atoms with E-state index in [-0.39, 0.29) is 74.0 Å². The van der Waals surface area contributed by atoms with E-state index >= 15 is 0 Å². The van der Waals surface area contributed by atoms with Gasteiger partial charge in [0.2, 0.25) is 17.7 Å². The van der Waals surface area contributed by atoms with Crippen molar-refractivity contribution >= 4 is 51.8 Å². The van der Waals surface area contributed by atoms with Crippen LogP contribution in [0, 0.1) is 23.2 Å². The Hall–Kier alpha value is -4.02. The van der Waals surface area contributed by atoms with Gasteiger partial charge in [-0.3, -0.25) is 24.0 Å². The molecule has 4 bridgehead atoms. The number of β-amino-alcohol motifs (C(OH)–C–C–N with tert-alkyl or cyclic N) is 1. The van der Waals surface area contributed by atoms with Crippen molar-refractivity contribution in [3.8, 4) is 0 Å². The lowest BCUT2D eigenvalue weighted by atomic mass is 9.48. The summed E-state index contributed by atoms with van der Waals surface area (Å²) in [4.78, 5) is 74.7. The van der Waals surface area contributed by atoms with Crippen LogP contribution in [0.5, 0.6) is 0 Å². The van der Waals surface area contributed by atoms with E-state index in [0.717, 1.165) is 22.0 Å². The molecule has 0 spiro atoms. The van der Waals surface area contributed by atoms with Gasteiger partial charge in [0.05, 0.1) is 6.10 Å². The molecule has 2 heterocycles. The number of ketones is 2. The minimum atomic E-state index is -1.33. The monoisotopic (exact) mass is 644 g/mol. The molecule has 1 aromatic heterocycles. The van der Waals surface area contributed by atoms with E-state index in [1.54, 1.807) is 13.1 Å². The first-order chi connectivity index (χ1) is 22.1. The van der Waals surface area contributed by atoms with Crippen molar-refractivity contribution in [2.75, 3.05) is 13.6 Å². The highest BCUT2D eigenvalue weighted by Crippen LogP contribution is 2.57. The van der Waals surface area contributed by atoms with Crippen LogP contribution in [0.15, 0.2) is 54.7 Å². The van der Waals surface area contributed by atoms with Crippen LogP contribution in [-0.2, 0) is 36.9 Å². The van der Waals surface area contributed by atoms with Crippen LogP contribution in [0.4, 0.5) is 0 Å². The van der Waals surface area contributed by atoms with Crippen LogP contribution < -0.4 is 5.32 Å². The van der Waals surface area contributed by atoms with Gasteiger partial charge in [-0.2, -0.15) is 0 Å². The molecule has 4 unspecified atom stereocenters. The molecule has 10 nitrogen and oxygen atoms in total. The van der Waals surface area contributed by atoms with Crippen molar-refractivity contribution in [1.29, 1.82) is 0 Å². The number of likely N-dealkylation sites (N-methyl/N-ethyl adjacent to an activating group) is 1. The topological polar surface area (TPSA) is 140 Å². The average molecular weight is 645 g/mol. The molecule has 1 aliphatic heterocycles. The zero-order valence-electron chi connectivity index (χ0n) is 25.6. The van der Waals surface area contributed by atoms with Gasteiger partial charge in [0.15, 0.2) is 5.78 Å². The number of aromatic nitrogens is 1. The first-order valence-corrected chi connectivity index (χ1v) is 16.3. The zero-order chi connectivity index (χ0) is 32.3. The summed E-state index contributed by atoms with van der Waals surface area (Å²) in [5.74, 6) is -2.32. The number of aromatic amines is 1. The van der Waals surface area contributed by atoms with Crippen molar-refractivity contribution in [3.63, 3.8) is 0 Å². The van der Waals surface area contributed by atoms with E-state index in [4.69, 9.17) is 11.6 Å². The van der Waals surface area contributed by atoms with Gasteiger partial charge in [-0.15, -0.1) is 0 Å². The Kier molecular flexibility index (Phi) is 7.76. The number of benzene rings is 2. The maximum absolute atomic E-state index is 14.3. The van der Waals surface area contributed by atoms with Gasteiger partial charge in [0, 0.05) is 72.9 Å². The number of carbonyl (C=O) groups excluding carboxylic acids is 5. The molecule has 2 aromatic carbocycles. The van der Waals surface area contributed by atoms with Gasteiger partial charge in [-0.1, -0.05) is 48.0 Å². The average Bonchev–Trinajstić information content (AvgIpc) is 3.64. The summed E-state index contributed by atoms with van der Waals surface area (Å²) in [6.45, 7) is 0.131. The number of hydrogen-bond acceptors (Lipinski definition) is 6. The second kappa shape index (κ2) is 11.7. The van der Waals surface area contributed by atoms with Crippen molar-refractivity contribution in [1.82, 2.24) is 20.1 Å². The first kappa shape index (κ1) is 30.6. The number of likely N-dealkylation sites (tertiary alicyclic amines) is 1. The third-order valence-corrected chi connectivity index (χ3v) is 11.1. The van der Waals surface area contributed by atoms with Gasteiger partial charge >= 0.3 is 0 Å². The number of amides is 3. The van der Waals surface area contributed by atoms with Crippen molar-refractivity contribution in [3.05, 3.63) is 70.9 Å². The zero-order valence-corrected chi connectivity index (χ0v) is 26.3. The SMILES string of the molecule is CN(Cc1ccccc1Cl)C(=O)C(Cc1c[nH]c2ccccc12)NC(=O)C1C[C@@H](O)CN1C(=O)C12CC3CC(CC(C1)C3=O)C2=O. The molecule has 5 atom stereocenters. The number of hydrogen-bond donors (Lipinski definition) is 3. The largest absolute Gasteiger partial charge is 0.391 e. The van der Waals surface area contributed by atoms with Crippen LogP contribution in [0.2, 0.25) is 5.02 Å². The number of rotatable bonds is 8. The van der Waals surface area contributed by atoms with Gasteiger partial charge in [-0.25, -0.2) is 0 Å². The normalized spacial score (nSPS) is 28.9. The smallest absolute Gasteiger partial charge is 0.245 e. The number of Topliss-reactive ketones (excluding diaryl/α,β-unsaturated/α-hetero) is 2. The third kappa shape index (κ3) is 5.11. The number of aliphatic hydroxyl groups excluding tert-OH is 1. The number of carbonyl (C=O) groups is 5. The van der Waals surface area contributed by atoms with E-state index in [0.29, 0.717) is 17.9 Å². The summed E-state index contributed by atoms with van der Waals surface area (Å²) >= 11 is 6.38. The molecule has 4 saturated carbocycles. The molecular weight excluding hydrogens is 608 g/mol. The van der Waals surface area contributed by atoms with Crippen molar-refractivity contribution in [2.45, 2.75) is 63.3 Å². The van der Waals surface area contributed by atoms with E-state index < -0.39 is 35.4 Å². The lowest BCUT2D eigenvalue weighted by Crippen LogP contribution is -2.64. The Morgan fingerprint density at radius 2 is 1.72 bits per heavy atom. The second-order valence-electron chi connectivity index (χ2n) is 13.6. The predicted molar refractivity (Wildman–Crippen MR) is 169 cm³/mol. The van der Waals surface area contributed by atoms with Crippen LogP contribution in [0.1, 0.15) is 43.2 Å². The number of nitrogens with one attached hydrogen (secondary N) is 2. The van der Waals surface area contributed by atoms with Crippen LogP contribution in [-0.4, -0.2) is 81.0 Å². The highest BCUT2D eigenvalue weighted by molar-refractivity contribution is 6.31. The lowest BCUT2D eigenvalue weighted by Gasteiger charge is -2.54. The predicted octanol–water partition coefficient (Wildman–Crippen LogP) is 3.04. The number of H-pyrrole nitrogens is 1. The molecule has 3 amide bonds. The maximum Gasteiger partial charge on any atom is 0.245 e. The molecule has 11 heteroatoms. The Balaban J connectivity index is 1.15. The van der Waals surface area contributed by atoms with E-state index in [9.17, 15) is 29.1 Å². The molecule has 3 N–H and O–H groups in total.